The molecule has 5 nitrogen and oxygen atoms in total. The number of aliphatic imine (C=N–C) groups is 1. The number of halogens is 2. The molecule has 25 heavy (non-hydrogen) atoms. The molecular formula is C17H28ClIN4OS. The Morgan fingerprint density at radius 2 is 2.28 bits per heavy atom. The molecule has 0 amide bonds. The lowest BCUT2D eigenvalue weighted by molar-refractivity contribution is 0.415. The zero-order chi connectivity index (χ0) is 17.4. The summed E-state index contributed by atoms with van der Waals surface area (Å²) in [7, 11) is 1.69. The highest BCUT2D eigenvalue weighted by atomic mass is 127. The first-order chi connectivity index (χ1) is 11.7. The predicted molar refractivity (Wildman–Crippen MR) is 122 cm³/mol. The van der Waals surface area contributed by atoms with Crippen molar-refractivity contribution >= 4 is 59.0 Å². The summed E-state index contributed by atoms with van der Waals surface area (Å²) in [5.74, 6) is 2.80. The molecule has 1 aromatic carbocycles. The van der Waals surface area contributed by atoms with E-state index in [0.29, 0.717) is 6.04 Å². The van der Waals surface area contributed by atoms with E-state index >= 15 is 0 Å². The van der Waals surface area contributed by atoms with Crippen LogP contribution in [0.4, 0.5) is 5.69 Å². The van der Waals surface area contributed by atoms with Crippen LogP contribution in [0.15, 0.2) is 23.2 Å². The highest BCUT2D eigenvalue weighted by Crippen LogP contribution is 2.33. The largest absolute Gasteiger partial charge is 0.495 e. The Labute approximate surface area is 177 Å². The van der Waals surface area contributed by atoms with Crippen molar-refractivity contribution in [3.8, 4) is 5.75 Å². The molecule has 0 radical (unpaired) electrons. The van der Waals surface area contributed by atoms with Gasteiger partial charge in [-0.15, -0.1) is 24.0 Å². The second-order valence-corrected chi connectivity index (χ2v) is 7.07. The van der Waals surface area contributed by atoms with Crippen molar-refractivity contribution in [1.29, 1.82) is 0 Å². The quantitative estimate of drug-likeness (QED) is 0.261. The number of methoxy groups -OCH3 is 1. The molecule has 1 atom stereocenters. The molecule has 0 spiro atoms. The first-order valence-corrected chi connectivity index (χ1v) is 10.1. The van der Waals surface area contributed by atoms with Gasteiger partial charge in [0.2, 0.25) is 0 Å². The third-order valence-corrected chi connectivity index (χ3v) is 4.75. The third-order valence-electron chi connectivity index (χ3n) is 3.92. The van der Waals surface area contributed by atoms with E-state index in [9.17, 15) is 0 Å². The number of benzene rings is 1. The van der Waals surface area contributed by atoms with Gasteiger partial charge in [0.1, 0.15) is 5.75 Å². The average molecular weight is 499 g/mol. The number of nitrogens with zero attached hydrogens (tertiary/aromatic N) is 2. The maximum atomic E-state index is 6.16. The molecule has 0 aromatic heterocycles. The summed E-state index contributed by atoms with van der Waals surface area (Å²) in [6.45, 7) is 5.66. The first-order valence-electron chi connectivity index (χ1n) is 8.30. The van der Waals surface area contributed by atoms with Crippen LogP contribution in [0, 0.1) is 0 Å². The summed E-state index contributed by atoms with van der Waals surface area (Å²) in [5.41, 5.74) is 1.05. The van der Waals surface area contributed by atoms with Crippen molar-refractivity contribution in [2.24, 2.45) is 4.99 Å². The molecule has 0 bridgehead atoms. The van der Waals surface area contributed by atoms with Crippen LogP contribution in [0.5, 0.6) is 5.75 Å². The van der Waals surface area contributed by atoms with Gasteiger partial charge in [-0.1, -0.05) is 11.6 Å². The molecule has 0 aliphatic carbocycles. The van der Waals surface area contributed by atoms with Gasteiger partial charge in [0, 0.05) is 36.5 Å². The van der Waals surface area contributed by atoms with Crippen LogP contribution >= 0.6 is 47.3 Å². The topological polar surface area (TPSA) is 48.9 Å². The summed E-state index contributed by atoms with van der Waals surface area (Å²) in [6, 6.07) is 6.12. The fourth-order valence-electron chi connectivity index (χ4n) is 2.77. The van der Waals surface area contributed by atoms with Crippen molar-refractivity contribution < 1.29 is 4.74 Å². The Bertz CT molecular complexity index is 561. The maximum Gasteiger partial charge on any atom is 0.191 e. The molecule has 1 fully saturated rings. The molecule has 1 aliphatic heterocycles. The van der Waals surface area contributed by atoms with Gasteiger partial charge >= 0.3 is 0 Å². The summed E-state index contributed by atoms with van der Waals surface area (Å²) in [5, 5.41) is 7.59. The minimum absolute atomic E-state index is 0. The van der Waals surface area contributed by atoms with Gasteiger partial charge in [-0.05, 0) is 37.8 Å². The van der Waals surface area contributed by atoms with Crippen molar-refractivity contribution in [1.82, 2.24) is 10.6 Å². The van der Waals surface area contributed by atoms with E-state index < -0.39 is 0 Å². The van der Waals surface area contributed by atoms with Crippen LogP contribution in [0.25, 0.3) is 0 Å². The third kappa shape index (κ3) is 6.94. The molecule has 8 heteroatoms. The van der Waals surface area contributed by atoms with Crippen LogP contribution in [-0.2, 0) is 0 Å². The zero-order valence-electron chi connectivity index (χ0n) is 15.0. The Kier molecular flexibility index (Phi) is 10.8. The number of nitrogens with one attached hydrogen (secondary N) is 2. The second-order valence-electron chi connectivity index (χ2n) is 5.65. The molecule has 142 valence electrons. The van der Waals surface area contributed by atoms with Crippen molar-refractivity contribution in [3.05, 3.63) is 23.2 Å². The van der Waals surface area contributed by atoms with E-state index in [1.807, 2.05) is 30.0 Å². The second kappa shape index (κ2) is 12.0. The lowest BCUT2D eigenvalue weighted by Gasteiger charge is -2.22. The van der Waals surface area contributed by atoms with Gasteiger partial charge in [-0.3, -0.25) is 4.99 Å². The van der Waals surface area contributed by atoms with Crippen LogP contribution in [-0.4, -0.2) is 57.3 Å². The molecule has 2 N–H and O–H groups in total. The van der Waals surface area contributed by atoms with Crippen LogP contribution in [0.2, 0.25) is 5.02 Å². The highest BCUT2D eigenvalue weighted by Gasteiger charge is 2.25. The van der Waals surface area contributed by atoms with Gasteiger partial charge in [-0.2, -0.15) is 11.8 Å². The molecular weight excluding hydrogens is 471 g/mol. The van der Waals surface area contributed by atoms with Crippen molar-refractivity contribution in [2.75, 3.05) is 50.2 Å². The Hall–Kier alpha value is -0.540. The van der Waals surface area contributed by atoms with Gasteiger partial charge in [-0.25, -0.2) is 0 Å². The van der Waals surface area contributed by atoms with Gasteiger partial charge in [0.25, 0.3) is 0 Å². The Balaban J connectivity index is 0.00000312. The molecule has 1 unspecified atom stereocenters. The normalized spacial score (nSPS) is 17.2. The summed E-state index contributed by atoms with van der Waals surface area (Å²) in [6.07, 6.45) is 3.16. The Morgan fingerprint density at radius 1 is 1.48 bits per heavy atom. The van der Waals surface area contributed by atoms with Gasteiger partial charge in [0.05, 0.1) is 19.3 Å². The molecule has 0 saturated carbocycles. The predicted octanol–water partition coefficient (Wildman–Crippen LogP) is 3.46. The van der Waals surface area contributed by atoms with Gasteiger partial charge in [0.15, 0.2) is 5.96 Å². The SMILES string of the molecule is CCNC(=NCCSC)NC1CCN(c2cc(Cl)ccc2OC)C1.I. The average Bonchev–Trinajstić information content (AvgIpc) is 3.03. The van der Waals surface area contributed by atoms with Crippen LogP contribution < -0.4 is 20.3 Å². The summed E-state index contributed by atoms with van der Waals surface area (Å²) in [4.78, 5) is 6.93. The van der Waals surface area contributed by atoms with E-state index in [1.165, 1.54) is 0 Å². The standard InChI is InChI=1S/C17H27ClN4OS.HI/c1-4-19-17(20-8-10-24-3)21-14-7-9-22(12-14)15-11-13(18)5-6-16(15)23-2;/h5-6,11,14H,4,7-10,12H2,1-3H3,(H2,19,20,21);1H. The molecule has 1 aromatic rings. The molecule has 1 heterocycles. The van der Waals surface area contributed by atoms with Gasteiger partial charge < -0.3 is 20.3 Å². The summed E-state index contributed by atoms with van der Waals surface area (Å²) >= 11 is 7.97. The van der Waals surface area contributed by atoms with Crippen molar-refractivity contribution in [2.45, 2.75) is 19.4 Å². The maximum absolute atomic E-state index is 6.16. The summed E-state index contributed by atoms with van der Waals surface area (Å²) < 4.78 is 5.47. The van der Waals surface area contributed by atoms with Crippen LogP contribution in [0.1, 0.15) is 13.3 Å². The molecule has 1 saturated heterocycles. The fourth-order valence-corrected chi connectivity index (χ4v) is 3.21. The lowest BCUT2D eigenvalue weighted by Crippen LogP contribution is -2.44. The highest BCUT2D eigenvalue weighted by molar-refractivity contribution is 14.0. The van der Waals surface area contributed by atoms with E-state index in [4.69, 9.17) is 16.3 Å². The van der Waals surface area contributed by atoms with E-state index in [1.54, 1.807) is 7.11 Å². The van der Waals surface area contributed by atoms with E-state index in [2.05, 4.69) is 33.7 Å². The van der Waals surface area contributed by atoms with E-state index in [-0.39, 0.29) is 24.0 Å². The number of ether oxygens (including phenoxy) is 1. The van der Waals surface area contributed by atoms with Crippen LogP contribution in [0.3, 0.4) is 0 Å². The minimum Gasteiger partial charge on any atom is -0.495 e. The van der Waals surface area contributed by atoms with Crippen molar-refractivity contribution in [3.63, 3.8) is 0 Å². The first kappa shape index (κ1) is 22.5. The number of thioether (sulfide) groups is 1. The molecule has 1 aliphatic rings. The number of anilines is 1. The zero-order valence-corrected chi connectivity index (χ0v) is 19.0. The number of rotatable bonds is 7. The lowest BCUT2D eigenvalue weighted by atomic mass is 10.2. The smallest absolute Gasteiger partial charge is 0.191 e. The Morgan fingerprint density at radius 3 is 2.96 bits per heavy atom. The number of guanidine groups is 1. The number of hydrogen-bond acceptors (Lipinski definition) is 4. The fraction of sp³-hybridized carbons (Fsp3) is 0.588. The number of hydrogen-bond donors (Lipinski definition) is 2. The van der Waals surface area contributed by atoms with E-state index in [0.717, 1.165) is 60.8 Å². The monoisotopic (exact) mass is 498 g/mol. The molecule has 2 rings (SSSR count). The minimum atomic E-state index is 0.